The van der Waals surface area contributed by atoms with E-state index in [-0.39, 0.29) is 11.2 Å². The van der Waals surface area contributed by atoms with Crippen LogP contribution in [0.5, 0.6) is 5.75 Å². The maximum atomic E-state index is 12.5. The third-order valence-electron chi connectivity index (χ3n) is 3.42. The molecule has 0 aliphatic heterocycles. The van der Waals surface area contributed by atoms with Gasteiger partial charge >= 0.3 is 44.1 Å². The predicted molar refractivity (Wildman–Crippen MR) is 97.2 cm³/mol. The second-order valence-electron chi connectivity index (χ2n) is 6.37. The number of benzene rings is 2. The molecule has 8 heteroatoms. The van der Waals surface area contributed by atoms with Gasteiger partial charge in [0.25, 0.3) is 0 Å². The van der Waals surface area contributed by atoms with E-state index in [2.05, 4.69) is 4.99 Å². The number of phenols is 1. The maximum absolute atomic E-state index is 12.5. The van der Waals surface area contributed by atoms with Crippen molar-refractivity contribution in [3.63, 3.8) is 0 Å². The van der Waals surface area contributed by atoms with E-state index >= 15 is 0 Å². The molecule has 26 heavy (non-hydrogen) atoms. The van der Waals surface area contributed by atoms with Crippen LogP contribution in [-0.2, 0) is 32.4 Å². The van der Waals surface area contributed by atoms with E-state index in [4.69, 9.17) is 17.0 Å². The summed E-state index contributed by atoms with van der Waals surface area (Å²) >= 11 is -0.826. The molecule has 0 aliphatic carbocycles. The molecule has 0 saturated heterocycles. The van der Waals surface area contributed by atoms with Crippen LogP contribution in [0.4, 0.5) is 18.9 Å². The molecule has 0 bridgehead atoms. The molecule has 2 nitrogen and oxygen atoms in total. The number of alkyl halides is 3. The molecule has 0 spiro atoms. The molecule has 0 fully saturated rings. The van der Waals surface area contributed by atoms with E-state index in [0.717, 1.165) is 17.7 Å². The number of aliphatic imine (C=N–C) groups is 1. The van der Waals surface area contributed by atoms with Gasteiger partial charge in [-0.05, 0) is 41.3 Å². The Morgan fingerprint density at radius 3 is 2.00 bits per heavy atom. The van der Waals surface area contributed by atoms with Crippen LogP contribution in [0.3, 0.4) is 0 Å². The Balaban J connectivity index is 0.00000105. The van der Waals surface area contributed by atoms with E-state index in [0.29, 0.717) is 11.3 Å². The summed E-state index contributed by atoms with van der Waals surface area (Å²) in [5.41, 5.74) is 0.765. The third-order valence-corrected chi connectivity index (χ3v) is 3.42. The quantitative estimate of drug-likeness (QED) is 0.467. The van der Waals surface area contributed by atoms with Gasteiger partial charge in [-0.15, -0.1) is 0 Å². The van der Waals surface area contributed by atoms with Crippen molar-refractivity contribution in [1.82, 2.24) is 0 Å². The fourth-order valence-electron chi connectivity index (χ4n) is 2.15. The molecule has 2 aromatic carbocycles. The van der Waals surface area contributed by atoms with Gasteiger partial charge in [-0.2, -0.15) is 13.2 Å². The molecule has 0 saturated carbocycles. The first kappa shape index (κ1) is 23.2. The van der Waals surface area contributed by atoms with Crippen LogP contribution < -0.4 is 0 Å². The van der Waals surface area contributed by atoms with Crippen molar-refractivity contribution in [1.29, 1.82) is 0 Å². The molecule has 1 N–H and O–H groups in total. The van der Waals surface area contributed by atoms with E-state index in [1.54, 1.807) is 6.07 Å². The number of phenolic OH excluding ortho intramolecular Hbond substituents is 1. The Morgan fingerprint density at radius 2 is 1.54 bits per heavy atom. The molecule has 0 heterocycles. The van der Waals surface area contributed by atoms with Crippen LogP contribution in [-0.4, -0.2) is 11.3 Å². The van der Waals surface area contributed by atoms with Crippen molar-refractivity contribution in [2.24, 2.45) is 4.99 Å². The molecule has 0 radical (unpaired) electrons. The number of para-hydroxylation sites is 1. The van der Waals surface area contributed by atoms with Gasteiger partial charge in [-0.1, -0.05) is 32.9 Å². The zero-order valence-corrected chi connectivity index (χ0v) is 18.4. The molecule has 140 valence electrons. The fourth-order valence-corrected chi connectivity index (χ4v) is 2.15. The Bertz CT molecular complexity index is 742. The van der Waals surface area contributed by atoms with Crippen molar-refractivity contribution < 1.29 is 39.1 Å². The molecule has 2 aromatic rings. The first-order chi connectivity index (χ1) is 12.0. The Hall–Kier alpha value is -0.837. The first-order valence-electron chi connectivity index (χ1n) is 7.50. The molecule has 0 aliphatic rings. The number of nitrogens with zero attached hydrogens (tertiary/aromatic N) is 1. The van der Waals surface area contributed by atoms with Crippen molar-refractivity contribution in [3.8, 4) is 5.75 Å². The molecule has 0 atom stereocenters. The second kappa shape index (κ2) is 9.91. The summed E-state index contributed by atoms with van der Waals surface area (Å²) in [6.45, 7) is 5.95. The van der Waals surface area contributed by atoms with Crippen molar-refractivity contribution in [2.75, 3.05) is 0 Å². The summed E-state index contributed by atoms with van der Waals surface area (Å²) < 4.78 is 37.5. The average Bonchev–Trinajstić information content (AvgIpc) is 2.53. The van der Waals surface area contributed by atoms with Crippen molar-refractivity contribution >= 4 is 28.9 Å². The first-order valence-corrected chi connectivity index (χ1v) is 13.8. The normalized spacial score (nSPS) is 11.8. The van der Waals surface area contributed by atoms with Crippen LogP contribution in [0.1, 0.15) is 37.5 Å². The van der Waals surface area contributed by atoms with Crippen LogP contribution in [0.25, 0.3) is 0 Å². The summed E-state index contributed by atoms with van der Waals surface area (Å²) in [7, 11) is 9.87. The number of halogens is 5. The molecular formula is C18H18Cl2F3NOZr. The molecular weight excluding hydrogens is 465 g/mol. The van der Waals surface area contributed by atoms with E-state index in [1.165, 1.54) is 18.3 Å². The Morgan fingerprint density at radius 1 is 1.00 bits per heavy atom. The van der Waals surface area contributed by atoms with Gasteiger partial charge in [0.2, 0.25) is 0 Å². The second-order valence-corrected chi connectivity index (χ2v) is 10.1. The SMILES string of the molecule is CC(C)(C)c1cccc(C=Nc2ccc(C(F)(F)F)cc2)c1O.[Cl][Zr][Cl]. The van der Waals surface area contributed by atoms with Crippen LogP contribution in [0, 0.1) is 0 Å². The van der Waals surface area contributed by atoms with E-state index in [9.17, 15) is 18.3 Å². The van der Waals surface area contributed by atoms with Gasteiger partial charge in [0.15, 0.2) is 0 Å². The molecule has 2 rings (SSSR count). The zero-order chi connectivity index (χ0) is 20.0. The van der Waals surface area contributed by atoms with E-state index < -0.39 is 32.6 Å². The fraction of sp³-hybridized carbons (Fsp3) is 0.278. The van der Waals surface area contributed by atoms with Crippen molar-refractivity contribution in [2.45, 2.75) is 32.4 Å². The molecule has 0 unspecified atom stereocenters. The minimum absolute atomic E-state index is 0.135. The Kier molecular flexibility index (Phi) is 8.85. The van der Waals surface area contributed by atoms with Gasteiger partial charge in [-0.25, -0.2) is 0 Å². The summed E-state index contributed by atoms with van der Waals surface area (Å²) in [6.07, 6.45) is -2.91. The topological polar surface area (TPSA) is 32.6 Å². The third kappa shape index (κ3) is 7.05. The summed E-state index contributed by atoms with van der Waals surface area (Å²) in [6, 6.07) is 9.92. The van der Waals surface area contributed by atoms with Gasteiger partial charge in [0.05, 0.1) is 11.3 Å². The standard InChI is InChI=1S/C18H18F3NO.2ClH.Zr/c1-17(2,3)15-6-4-5-12(16(15)23)11-22-14-9-7-13(8-10-14)18(19,20)21;;;/h4-11,23H,1-3H3;2*1H;/q;;;+2/p-2. The van der Waals surface area contributed by atoms with E-state index in [1.807, 2.05) is 32.9 Å². The van der Waals surface area contributed by atoms with Gasteiger partial charge < -0.3 is 5.11 Å². The number of aromatic hydroxyl groups is 1. The molecule has 0 amide bonds. The minimum atomic E-state index is -4.36. The number of rotatable bonds is 2. The zero-order valence-electron chi connectivity index (χ0n) is 14.4. The summed E-state index contributed by atoms with van der Waals surface area (Å²) in [4.78, 5) is 4.13. The average molecular weight is 483 g/mol. The predicted octanol–water partition coefficient (Wildman–Crippen LogP) is 6.84. The van der Waals surface area contributed by atoms with Crippen LogP contribution in [0.15, 0.2) is 47.5 Å². The van der Waals surface area contributed by atoms with Gasteiger partial charge in [0, 0.05) is 11.8 Å². The van der Waals surface area contributed by atoms with Gasteiger partial charge in [0.1, 0.15) is 5.75 Å². The number of hydrogen-bond donors (Lipinski definition) is 1. The summed E-state index contributed by atoms with van der Waals surface area (Å²) in [5, 5.41) is 10.3. The van der Waals surface area contributed by atoms with Crippen molar-refractivity contribution in [3.05, 3.63) is 59.2 Å². The van der Waals surface area contributed by atoms with Crippen LogP contribution >= 0.6 is 17.0 Å². The number of hydrogen-bond acceptors (Lipinski definition) is 2. The monoisotopic (exact) mass is 481 g/mol. The van der Waals surface area contributed by atoms with Crippen LogP contribution in [0.2, 0.25) is 0 Å². The Labute approximate surface area is 169 Å². The van der Waals surface area contributed by atoms with Gasteiger partial charge in [-0.3, -0.25) is 4.99 Å². The molecule has 0 aromatic heterocycles. The summed E-state index contributed by atoms with van der Waals surface area (Å²) in [5.74, 6) is 0.135.